The second-order valence-corrected chi connectivity index (χ2v) is 15.0. The molecule has 0 bridgehead atoms. The van der Waals surface area contributed by atoms with Crippen LogP contribution in [0, 0.1) is 0 Å². The lowest BCUT2D eigenvalue weighted by molar-refractivity contribution is 1.31. The van der Waals surface area contributed by atoms with E-state index in [0.29, 0.717) is 0 Å². The largest absolute Gasteiger partial charge is 0.308 e. The molecule has 0 aliphatic rings. The van der Waals surface area contributed by atoms with Crippen LogP contribution in [0.15, 0.2) is 188 Å². The first kappa shape index (κ1) is 29.9. The van der Waals surface area contributed by atoms with Crippen LogP contribution in [0.25, 0.3) is 73.7 Å². The van der Waals surface area contributed by atoms with Crippen LogP contribution in [0.3, 0.4) is 0 Å². The maximum absolute atomic E-state index is 2.50. The van der Waals surface area contributed by atoms with Crippen LogP contribution in [-0.2, 0) is 0 Å². The van der Waals surface area contributed by atoms with Crippen LogP contribution in [0.1, 0.15) is 0 Å². The van der Waals surface area contributed by atoms with Gasteiger partial charge in [-0.3, -0.25) is 0 Å². The van der Waals surface area contributed by atoms with Crippen LogP contribution in [-0.4, -0.2) is 0 Å². The fourth-order valence-corrected chi connectivity index (χ4v) is 9.87. The van der Waals surface area contributed by atoms with E-state index in [-0.39, 0.29) is 0 Å². The van der Waals surface area contributed by atoms with Gasteiger partial charge in [-0.15, -0.1) is 22.7 Å². The summed E-state index contributed by atoms with van der Waals surface area (Å²) < 4.78 is 5.19. The zero-order valence-corrected chi connectivity index (χ0v) is 29.3. The molecule has 10 aromatic rings. The Morgan fingerprint density at radius 2 is 0.882 bits per heavy atom. The van der Waals surface area contributed by atoms with Gasteiger partial charge in [-0.05, 0) is 70.3 Å². The molecule has 0 unspecified atom stereocenters. The predicted molar refractivity (Wildman–Crippen MR) is 223 cm³/mol. The lowest BCUT2D eigenvalue weighted by Gasteiger charge is -2.29. The van der Waals surface area contributed by atoms with Crippen molar-refractivity contribution in [1.29, 1.82) is 0 Å². The smallest absolute Gasteiger partial charge is 0.0640 e. The number of nitrogens with zero attached hydrogens (tertiary/aromatic N) is 1. The van der Waals surface area contributed by atoms with Crippen molar-refractivity contribution in [2.24, 2.45) is 0 Å². The number of thiophene rings is 2. The summed E-state index contributed by atoms with van der Waals surface area (Å²) in [6.45, 7) is 0. The van der Waals surface area contributed by atoms with Gasteiger partial charge in [-0.1, -0.05) is 146 Å². The third-order valence-corrected chi connectivity index (χ3v) is 12.2. The van der Waals surface area contributed by atoms with E-state index < -0.39 is 0 Å². The SMILES string of the molecule is c1ccc(-c2ccccc2-c2ccc(N(c3ccc4c(c3)sc3ccccc34)c3cccc4c3sc3ccccc34)c(-c3ccccc3)c2)cc1. The molecular weight excluding hydrogens is 655 g/mol. The number of benzene rings is 8. The van der Waals surface area contributed by atoms with E-state index in [1.54, 1.807) is 0 Å². The first-order chi connectivity index (χ1) is 25.3. The molecule has 0 aliphatic heterocycles. The summed E-state index contributed by atoms with van der Waals surface area (Å²) in [6.07, 6.45) is 0. The van der Waals surface area contributed by atoms with Crippen molar-refractivity contribution in [1.82, 2.24) is 0 Å². The summed E-state index contributed by atoms with van der Waals surface area (Å²) in [6, 6.07) is 68.7. The van der Waals surface area contributed by atoms with Crippen molar-refractivity contribution in [2.45, 2.75) is 0 Å². The lowest BCUT2D eigenvalue weighted by atomic mass is 9.91. The molecule has 0 saturated carbocycles. The van der Waals surface area contributed by atoms with E-state index in [1.165, 1.54) is 79.4 Å². The van der Waals surface area contributed by atoms with Crippen molar-refractivity contribution in [2.75, 3.05) is 4.90 Å². The highest BCUT2D eigenvalue weighted by atomic mass is 32.1. The Morgan fingerprint density at radius 1 is 0.314 bits per heavy atom. The summed E-state index contributed by atoms with van der Waals surface area (Å²) in [5, 5.41) is 5.20. The van der Waals surface area contributed by atoms with E-state index >= 15 is 0 Å². The van der Waals surface area contributed by atoms with E-state index in [4.69, 9.17) is 0 Å². The van der Waals surface area contributed by atoms with E-state index in [2.05, 4.69) is 193 Å². The predicted octanol–water partition coefficient (Wildman–Crippen LogP) is 14.9. The number of anilines is 3. The third-order valence-electron chi connectivity index (χ3n) is 9.89. The Balaban J connectivity index is 1.25. The lowest BCUT2D eigenvalue weighted by Crippen LogP contribution is -2.11. The second-order valence-electron chi connectivity index (χ2n) is 12.9. The average molecular weight is 686 g/mol. The molecular formula is C48H31NS2. The minimum absolute atomic E-state index is 1.15. The normalized spacial score (nSPS) is 11.5. The van der Waals surface area contributed by atoms with Crippen molar-refractivity contribution < 1.29 is 0 Å². The molecule has 0 spiro atoms. The van der Waals surface area contributed by atoms with E-state index in [1.807, 2.05) is 22.7 Å². The molecule has 51 heavy (non-hydrogen) atoms. The molecule has 0 radical (unpaired) electrons. The molecule has 240 valence electrons. The van der Waals surface area contributed by atoms with Gasteiger partial charge in [-0.2, -0.15) is 0 Å². The van der Waals surface area contributed by atoms with Crippen LogP contribution < -0.4 is 4.90 Å². The quantitative estimate of drug-likeness (QED) is 0.168. The highest BCUT2D eigenvalue weighted by molar-refractivity contribution is 7.26. The van der Waals surface area contributed by atoms with Crippen LogP contribution in [0.2, 0.25) is 0 Å². The molecule has 8 aromatic carbocycles. The molecule has 0 fully saturated rings. The maximum atomic E-state index is 2.50. The average Bonchev–Trinajstić information content (AvgIpc) is 3.77. The molecule has 1 nitrogen and oxygen atoms in total. The monoisotopic (exact) mass is 685 g/mol. The Morgan fingerprint density at radius 3 is 1.63 bits per heavy atom. The highest BCUT2D eigenvalue weighted by Gasteiger charge is 2.23. The zero-order chi connectivity index (χ0) is 33.7. The Kier molecular flexibility index (Phi) is 7.26. The Bertz CT molecular complexity index is 2860. The number of hydrogen-bond donors (Lipinski definition) is 0. The van der Waals surface area contributed by atoms with Crippen LogP contribution >= 0.6 is 22.7 Å². The van der Waals surface area contributed by atoms with Crippen molar-refractivity contribution in [3.05, 3.63) is 188 Å². The van der Waals surface area contributed by atoms with Crippen LogP contribution in [0.5, 0.6) is 0 Å². The third kappa shape index (κ3) is 5.13. The molecule has 2 heterocycles. The topological polar surface area (TPSA) is 3.24 Å². The van der Waals surface area contributed by atoms with Crippen molar-refractivity contribution >= 4 is 80.1 Å². The first-order valence-corrected chi connectivity index (χ1v) is 18.9. The number of fused-ring (bicyclic) bond motifs is 6. The summed E-state index contributed by atoms with van der Waals surface area (Å²) >= 11 is 3.74. The molecule has 0 saturated heterocycles. The molecule has 0 N–H and O–H groups in total. The van der Waals surface area contributed by atoms with Gasteiger partial charge >= 0.3 is 0 Å². The standard InChI is InChI=1S/C48H31NS2/c1-3-14-32(15-4-1)36-18-7-8-19-37(36)34-26-29-43(42(30-34)33-16-5-2-6-17-33)49(35-27-28-40-38-20-9-11-24-45(38)50-47(40)31-35)44-23-13-22-41-39-21-10-12-25-46(39)51-48(41)44/h1-31H. The summed E-state index contributed by atoms with van der Waals surface area (Å²) in [7, 11) is 0. The minimum atomic E-state index is 1.15. The van der Waals surface area contributed by atoms with Crippen molar-refractivity contribution in [3.8, 4) is 33.4 Å². The molecule has 0 amide bonds. The summed E-state index contributed by atoms with van der Waals surface area (Å²) in [4.78, 5) is 2.50. The fraction of sp³-hybridized carbons (Fsp3) is 0. The van der Waals surface area contributed by atoms with Gasteiger partial charge in [-0.25, -0.2) is 0 Å². The van der Waals surface area contributed by atoms with Crippen LogP contribution in [0.4, 0.5) is 17.1 Å². The fourth-order valence-electron chi connectivity index (χ4n) is 7.52. The summed E-state index contributed by atoms with van der Waals surface area (Å²) in [5.74, 6) is 0. The molecule has 3 heteroatoms. The Labute approximate surface area is 304 Å². The van der Waals surface area contributed by atoms with E-state index in [0.717, 1.165) is 11.4 Å². The van der Waals surface area contributed by atoms with Gasteiger partial charge in [0.15, 0.2) is 0 Å². The number of hydrogen-bond acceptors (Lipinski definition) is 3. The zero-order valence-electron chi connectivity index (χ0n) is 27.7. The molecule has 2 aromatic heterocycles. The van der Waals surface area contributed by atoms with Gasteiger partial charge in [0, 0.05) is 46.9 Å². The molecule has 10 rings (SSSR count). The highest BCUT2D eigenvalue weighted by Crippen LogP contribution is 2.49. The Hall–Kier alpha value is -6.00. The van der Waals surface area contributed by atoms with E-state index in [9.17, 15) is 0 Å². The van der Waals surface area contributed by atoms with Crippen molar-refractivity contribution in [3.63, 3.8) is 0 Å². The van der Waals surface area contributed by atoms with Gasteiger partial charge in [0.2, 0.25) is 0 Å². The first-order valence-electron chi connectivity index (χ1n) is 17.3. The van der Waals surface area contributed by atoms with Gasteiger partial charge < -0.3 is 4.90 Å². The minimum Gasteiger partial charge on any atom is -0.308 e. The summed E-state index contributed by atoms with van der Waals surface area (Å²) in [5.41, 5.74) is 10.7. The maximum Gasteiger partial charge on any atom is 0.0640 e. The van der Waals surface area contributed by atoms with Gasteiger partial charge in [0.1, 0.15) is 0 Å². The van der Waals surface area contributed by atoms with Gasteiger partial charge in [0.25, 0.3) is 0 Å². The molecule has 0 aliphatic carbocycles. The number of rotatable bonds is 6. The second kappa shape index (κ2) is 12.4. The molecule has 0 atom stereocenters. The van der Waals surface area contributed by atoms with Gasteiger partial charge in [0.05, 0.1) is 16.1 Å².